The zero-order valence-corrected chi connectivity index (χ0v) is 12.1. The van der Waals surface area contributed by atoms with Crippen LogP contribution in [0.4, 0.5) is 0 Å². The minimum absolute atomic E-state index is 0.121. The third-order valence-electron chi connectivity index (χ3n) is 4.26. The molecule has 2 aliphatic heterocycles. The number of rotatable bonds is 2. The molecule has 3 rings (SSSR count). The highest BCUT2D eigenvalue weighted by atomic mass is 32.1. The molecular formula is C13H20N4OS. The zero-order chi connectivity index (χ0) is 13.2. The Bertz CT molecular complexity index is 455. The van der Waals surface area contributed by atoms with Gasteiger partial charge in [-0.1, -0.05) is 4.49 Å². The number of aromatic nitrogens is 2. The first kappa shape index (κ1) is 13.0. The summed E-state index contributed by atoms with van der Waals surface area (Å²) in [4.78, 5) is 15.2. The van der Waals surface area contributed by atoms with Crippen LogP contribution in [-0.4, -0.2) is 46.1 Å². The number of nitrogens with one attached hydrogen (secondary N) is 1. The van der Waals surface area contributed by atoms with Crippen LogP contribution < -0.4 is 5.32 Å². The summed E-state index contributed by atoms with van der Waals surface area (Å²) < 4.78 is 3.87. The molecule has 5 nitrogen and oxygen atoms in total. The Morgan fingerprint density at radius 2 is 2.32 bits per heavy atom. The summed E-state index contributed by atoms with van der Waals surface area (Å²) in [7, 11) is 0. The van der Waals surface area contributed by atoms with Crippen molar-refractivity contribution in [1.29, 1.82) is 0 Å². The molecule has 0 radical (unpaired) electrons. The number of carbonyl (C=O) groups excluding carboxylic acids is 1. The lowest BCUT2D eigenvalue weighted by atomic mass is 9.89. The molecule has 1 amide bonds. The molecule has 0 spiro atoms. The molecule has 2 fully saturated rings. The molecule has 0 aromatic carbocycles. The normalized spacial score (nSPS) is 27.7. The van der Waals surface area contributed by atoms with Gasteiger partial charge in [0, 0.05) is 19.1 Å². The fourth-order valence-electron chi connectivity index (χ4n) is 3.21. The molecule has 1 aromatic heterocycles. The quantitative estimate of drug-likeness (QED) is 0.891. The van der Waals surface area contributed by atoms with Crippen LogP contribution in [0.3, 0.4) is 0 Å². The summed E-state index contributed by atoms with van der Waals surface area (Å²) in [6.45, 7) is 4.75. The summed E-state index contributed by atoms with van der Waals surface area (Å²) in [5, 5.41) is 7.51. The minimum atomic E-state index is 0.121. The number of nitrogens with zero attached hydrogens (tertiary/aromatic N) is 3. The Balaban J connectivity index is 1.67. The zero-order valence-electron chi connectivity index (χ0n) is 11.3. The van der Waals surface area contributed by atoms with E-state index < -0.39 is 0 Å². The van der Waals surface area contributed by atoms with Gasteiger partial charge in [-0.3, -0.25) is 4.79 Å². The maximum absolute atomic E-state index is 12.5. The lowest BCUT2D eigenvalue weighted by molar-refractivity contribution is 0.0655. The van der Waals surface area contributed by atoms with E-state index in [2.05, 4.69) is 14.9 Å². The van der Waals surface area contributed by atoms with Gasteiger partial charge < -0.3 is 10.2 Å². The van der Waals surface area contributed by atoms with Gasteiger partial charge in [-0.2, -0.15) is 0 Å². The lowest BCUT2D eigenvalue weighted by Gasteiger charge is -2.35. The van der Waals surface area contributed by atoms with Crippen LogP contribution in [-0.2, 0) is 0 Å². The number of carbonyl (C=O) groups is 1. The highest BCUT2D eigenvalue weighted by Gasteiger charge is 2.32. The van der Waals surface area contributed by atoms with Gasteiger partial charge >= 0.3 is 0 Å². The number of piperidine rings is 1. The highest BCUT2D eigenvalue weighted by molar-refractivity contribution is 7.07. The Morgan fingerprint density at radius 3 is 3.00 bits per heavy atom. The summed E-state index contributed by atoms with van der Waals surface area (Å²) in [5.74, 6) is 0.733. The maximum atomic E-state index is 12.5. The Morgan fingerprint density at radius 1 is 1.42 bits per heavy atom. The number of hydrogen-bond acceptors (Lipinski definition) is 5. The number of hydrogen-bond donors (Lipinski definition) is 1. The lowest BCUT2D eigenvalue weighted by Crippen LogP contribution is -2.45. The van der Waals surface area contributed by atoms with Gasteiger partial charge in [0.25, 0.3) is 5.91 Å². The summed E-state index contributed by atoms with van der Waals surface area (Å²) >= 11 is 1.22. The SMILES string of the molecule is Cc1nnsc1C(=O)N1CCCC(C2CCCN2)C1. The fraction of sp³-hybridized carbons (Fsp3) is 0.769. The molecule has 2 atom stereocenters. The van der Waals surface area contributed by atoms with E-state index in [1.807, 2.05) is 11.8 Å². The van der Waals surface area contributed by atoms with Crippen molar-refractivity contribution < 1.29 is 4.79 Å². The molecule has 1 N–H and O–H groups in total. The van der Waals surface area contributed by atoms with E-state index in [0.29, 0.717) is 16.8 Å². The molecule has 3 heterocycles. The molecule has 2 aliphatic rings. The molecule has 19 heavy (non-hydrogen) atoms. The Kier molecular flexibility index (Phi) is 3.79. The van der Waals surface area contributed by atoms with Crippen molar-refractivity contribution in [2.24, 2.45) is 5.92 Å². The standard InChI is InChI=1S/C13H20N4OS/c1-9-12(19-16-15-9)13(18)17-7-3-4-10(8-17)11-5-2-6-14-11/h10-11,14H,2-8H2,1H3. The van der Waals surface area contributed by atoms with Gasteiger partial charge in [0.2, 0.25) is 0 Å². The van der Waals surface area contributed by atoms with Gasteiger partial charge in [0.1, 0.15) is 4.88 Å². The van der Waals surface area contributed by atoms with E-state index in [-0.39, 0.29) is 5.91 Å². The van der Waals surface area contributed by atoms with Crippen molar-refractivity contribution in [3.05, 3.63) is 10.6 Å². The molecule has 0 bridgehead atoms. The van der Waals surface area contributed by atoms with Crippen molar-refractivity contribution >= 4 is 17.4 Å². The smallest absolute Gasteiger partial charge is 0.267 e. The van der Waals surface area contributed by atoms with Crippen LogP contribution >= 0.6 is 11.5 Å². The van der Waals surface area contributed by atoms with E-state index in [4.69, 9.17) is 0 Å². The van der Waals surface area contributed by atoms with Gasteiger partial charge in [-0.05, 0) is 56.6 Å². The monoisotopic (exact) mass is 280 g/mol. The van der Waals surface area contributed by atoms with Gasteiger partial charge in [-0.15, -0.1) is 5.10 Å². The molecule has 2 unspecified atom stereocenters. The van der Waals surface area contributed by atoms with Gasteiger partial charge in [0.05, 0.1) is 5.69 Å². The number of amides is 1. The van der Waals surface area contributed by atoms with Crippen LogP contribution in [0.15, 0.2) is 0 Å². The molecule has 1 aromatic rings. The molecule has 104 valence electrons. The van der Waals surface area contributed by atoms with Crippen LogP contribution in [0, 0.1) is 12.8 Å². The van der Waals surface area contributed by atoms with Crippen LogP contribution in [0.2, 0.25) is 0 Å². The Hall–Kier alpha value is -1.01. The van der Waals surface area contributed by atoms with Gasteiger partial charge in [0.15, 0.2) is 0 Å². The second-order valence-electron chi connectivity index (χ2n) is 5.54. The molecule has 0 saturated carbocycles. The molecule has 2 saturated heterocycles. The number of likely N-dealkylation sites (tertiary alicyclic amines) is 1. The van der Waals surface area contributed by atoms with Crippen LogP contribution in [0.25, 0.3) is 0 Å². The van der Waals surface area contributed by atoms with Crippen molar-refractivity contribution in [2.75, 3.05) is 19.6 Å². The van der Waals surface area contributed by atoms with Crippen molar-refractivity contribution in [3.8, 4) is 0 Å². The first-order valence-corrected chi connectivity index (χ1v) is 7.84. The van der Waals surface area contributed by atoms with Crippen LogP contribution in [0.5, 0.6) is 0 Å². The third-order valence-corrected chi connectivity index (χ3v) is 5.07. The average molecular weight is 280 g/mol. The first-order chi connectivity index (χ1) is 9.25. The van der Waals surface area contributed by atoms with Gasteiger partial charge in [-0.25, -0.2) is 0 Å². The van der Waals surface area contributed by atoms with E-state index in [1.165, 1.54) is 30.8 Å². The summed E-state index contributed by atoms with van der Waals surface area (Å²) in [5.41, 5.74) is 0.760. The molecular weight excluding hydrogens is 260 g/mol. The minimum Gasteiger partial charge on any atom is -0.338 e. The second kappa shape index (κ2) is 5.54. The first-order valence-electron chi connectivity index (χ1n) is 7.07. The largest absolute Gasteiger partial charge is 0.338 e. The second-order valence-corrected chi connectivity index (χ2v) is 6.30. The number of aryl methyl sites for hydroxylation is 1. The van der Waals surface area contributed by atoms with Crippen molar-refractivity contribution in [2.45, 2.75) is 38.6 Å². The predicted molar refractivity (Wildman–Crippen MR) is 74.3 cm³/mol. The average Bonchev–Trinajstić information content (AvgIpc) is 3.09. The Labute approximate surface area is 117 Å². The van der Waals surface area contributed by atoms with Crippen molar-refractivity contribution in [1.82, 2.24) is 19.8 Å². The van der Waals surface area contributed by atoms with E-state index >= 15 is 0 Å². The van der Waals surface area contributed by atoms with E-state index in [9.17, 15) is 4.79 Å². The molecule has 0 aliphatic carbocycles. The maximum Gasteiger partial charge on any atom is 0.267 e. The summed E-state index contributed by atoms with van der Waals surface area (Å²) in [6, 6.07) is 0.608. The molecule has 6 heteroatoms. The van der Waals surface area contributed by atoms with Crippen molar-refractivity contribution in [3.63, 3.8) is 0 Å². The van der Waals surface area contributed by atoms with E-state index in [0.717, 1.165) is 31.7 Å². The van der Waals surface area contributed by atoms with Crippen LogP contribution in [0.1, 0.15) is 41.0 Å². The predicted octanol–water partition coefficient (Wildman–Crippen LogP) is 1.45. The highest BCUT2D eigenvalue weighted by Crippen LogP contribution is 2.26. The summed E-state index contributed by atoms with van der Waals surface area (Å²) in [6.07, 6.45) is 4.88. The topological polar surface area (TPSA) is 58.1 Å². The third kappa shape index (κ3) is 2.65. The fourth-order valence-corrected chi connectivity index (χ4v) is 3.83. The van der Waals surface area contributed by atoms with E-state index in [1.54, 1.807) is 0 Å².